The molecule has 1 aromatic carbocycles. The average Bonchev–Trinajstić information content (AvgIpc) is 2.04. The minimum atomic E-state index is 0. The van der Waals surface area contributed by atoms with Crippen LogP contribution in [0.4, 0.5) is 0 Å². The van der Waals surface area contributed by atoms with E-state index in [0.717, 1.165) is 0 Å². The molecule has 1 aromatic rings. The normalized spacial score (nSPS) is 10.1. The molecular weight excluding hydrogens is 220 g/mol. The standard InChI is InChI=1S/C11H17N2.ClH.Mg/c1-12(2)11(13(3)4)10-8-6-5-7-9-10;;/h6-9,11H,1-4H3;1H;/q-1;;+2/p-1. The zero-order chi connectivity index (χ0) is 9.84. The summed E-state index contributed by atoms with van der Waals surface area (Å²) in [6.07, 6.45) is 0.342. The fraction of sp³-hybridized carbons (Fsp3) is 0.455. The minimum absolute atomic E-state index is 0. The van der Waals surface area contributed by atoms with Gasteiger partial charge < -0.3 is 12.4 Å². The Kier molecular flexibility index (Phi) is 9.80. The van der Waals surface area contributed by atoms with Gasteiger partial charge in [-0.15, -0.1) is 5.56 Å². The Balaban J connectivity index is 0. The summed E-state index contributed by atoms with van der Waals surface area (Å²) >= 11 is 0. The van der Waals surface area contributed by atoms with Gasteiger partial charge in [-0.05, 0) is 28.2 Å². The summed E-state index contributed by atoms with van der Waals surface area (Å²) in [6.45, 7) is 0. The Morgan fingerprint density at radius 3 is 1.73 bits per heavy atom. The molecule has 4 heteroatoms. The SMILES string of the molecule is CN(C)C(c1cc[c-]cc1)N(C)C.[Cl-].[Mg+2]. The molecule has 0 atom stereocenters. The van der Waals surface area contributed by atoms with Crippen molar-refractivity contribution < 1.29 is 12.4 Å². The summed E-state index contributed by atoms with van der Waals surface area (Å²) in [7, 11) is 8.34. The molecule has 0 unspecified atom stereocenters. The summed E-state index contributed by atoms with van der Waals surface area (Å²) in [6, 6.07) is 11.1. The molecule has 80 valence electrons. The van der Waals surface area contributed by atoms with Gasteiger partial charge in [0.2, 0.25) is 0 Å². The summed E-state index contributed by atoms with van der Waals surface area (Å²) in [5.74, 6) is 0. The van der Waals surface area contributed by atoms with E-state index in [4.69, 9.17) is 0 Å². The first kappa shape index (κ1) is 17.6. The molecule has 1 rings (SSSR count). The average molecular weight is 237 g/mol. The number of hydrogen-bond acceptors (Lipinski definition) is 2. The van der Waals surface area contributed by atoms with Crippen LogP contribution in [0, 0.1) is 6.07 Å². The molecule has 0 saturated carbocycles. The molecule has 15 heavy (non-hydrogen) atoms. The zero-order valence-corrected chi connectivity index (χ0v) is 12.0. The Morgan fingerprint density at radius 2 is 1.40 bits per heavy atom. The first-order valence-corrected chi connectivity index (χ1v) is 4.42. The molecule has 0 aromatic heterocycles. The van der Waals surface area contributed by atoms with Gasteiger partial charge in [-0.2, -0.15) is 30.3 Å². The van der Waals surface area contributed by atoms with Crippen molar-refractivity contribution >= 4 is 23.1 Å². The van der Waals surface area contributed by atoms with Crippen molar-refractivity contribution in [3.05, 3.63) is 35.9 Å². The quantitative estimate of drug-likeness (QED) is 0.349. The van der Waals surface area contributed by atoms with Gasteiger partial charge in [0.25, 0.3) is 0 Å². The van der Waals surface area contributed by atoms with Gasteiger partial charge in [-0.1, -0.05) is 0 Å². The van der Waals surface area contributed by atoms with Crippen LogP contribution in [0.2, 0.25) is 0 Å². The molecular formula is C11H17ClMgN2. The van der Waals surface area contributed by atoms with Crippen molar-refractivity contribution in [3.63, 3.8) is 0 Å². The van der Waals surface area contributed by atoms with Crippen molar-refractivity contribution in [2.75, 3.05) is 28.2 Å². The third-order valence-corrected chi connectivity index (χ3v) is 2.02. The van der Waals surface area contributed by atoms with Gasteiger partial charge in [0.1, 0.15) is 0 Å². The van der Waals surface area contributed by atoms with Gasteiger partial charge in [0.05, 0.1) is 6.17 Å². The van der Waals surface area contributed by atoms with Crippen LogP contribution in [0.15, 0.2) is 24.3 Å². The van der Waals surface area contributed by atoms with Crippen LogP contribution in [-0.4, -0.2) is 61.0 Å². The Hall–Kier alpha value is 0.196. The smallest absolute Gasteiger partial charge is 1.00 e. The summed E-state index contributed by atoms with van der Waals surface area (Å²) in [5.41, 5.74) is 1.30. The van der Waals surface area contributed by atoms with Crippen LogP contribution in [0.3, 0.4) is 0 Å². The monoisotopic (exact) mass is 236 g/mol. The summed E-state index contributed by atoms with van der Waals surface area (Å²) in [5, 5.41) is 0. The fourth-order valence-electron chi connectivity index (χ4n) is 1.63. The van der Waals surface area contributed by atoms with E-state index < -0.39 is 0 Å². The number of benzene rings is 1. The third-order valence-electron chi connectivity index (χ3n) is 2.02. The van der Waals surface area contributed by atoms with E-state index in [1.807, 2.05) is 12.1 Å². The Bertz CT molecular complexity index is 244. The van der Waals surface area contributed by atoms with Crippen molar-refractivity contribution in [3.8, 4) is 0 Å². The maximum absolute atomic E-state index is 3.03. The van der Waals surface area contributed by atoms with E-state index in [9.17, 15) is 0 Å². The van der Waals surface area contributed by atoms with Crippen LogP contribution >= 0.6 is 0 Å². The molecule has 0 N–H and O–H groups in total. The van der Waals surface area contributed by atoms with Crippen LogP contribution in [-0.2, 0) is 0 Å². The Morgan fingerprint density at radius 1 is 1.00 bits per heavy atom. The molecule has 0 heterocycles. The molecule has 0 amide bonds. The first-order valence-electron chi connectivity index (χ1n) is 4.42. The zero-order valence-electron chi connectivity index (χ0n) is 9.87. The maximum atomic E-state index is 3.03. The van der Waals surface area contributed by atoms with E-state index >= 15 is 0 Å². The molecule has 0 bridgehead atoms. The third kappa shape index (κ3) is 5.18. The predicted molar refractivity (Wildman–Crippen MR) is 61.1 cm³/mol. The number of rotatable bonds is 3. The second-order valence-electron chi connectivity index (χ2n) is 3.63. The van der Waals surface area contributed by atoms with Gasteiger partial charge in [0.15, 0.2) is 0 Å². The van der Waals surface area contributed by atoms with Gasteiger partial charge in [0, 0.05) is 0 Å². The van der Waals surface area contributed by atoms with E-state index in [2.05, 4.69) is 56.2 Å². The van der Waals surface area contributed by atoms with Gasteiger partial charge in [-0.3, -0.25) is 9.80 Å². The van der Waals surface area contributed by atoms with Crippen molar-refractivity contribution in [1.29, 1.82) is 0 Å². The van der Waals surface area contributed by atoms with Crippen LogP contribution in [0.25, 0.3) is 0 Å². The van der Waals surface area contributed by atoms with Gasteiger partial charge in [-0.25, -0.2) is 0 Å². The number of nitrogens with zero attached hydrogens (tertiary/aromatic N) is 2. The maximum Gasteiger partial charge on any atom is 2.00 e. The van der Waals surface area contributed by atoms with E-state index in [-0.39, 0.29) is 35.5 Å². The van der Waals surface area contributed by atoms with Crippen LogP contribution in [0.5, 0.6) is 0 Å². The Labute approximate surface area is 115 Å². The van der Waals surface area contributed by atoms with Gasteiger partial charge >= 0.3 is 23.1 Å². The number of hydrogen-bond donors (Lipinski definition) is 0. The van der Waals surface area contributed by atoms with Crippen LogP contribution < -0.4 is 12.4 Å². The van der Waals surface area contributed by atoms with E-state index in [1.54, 1.807) is 0 Å². The molecule has 0 aliphatic carbocycles. The molecule has 0 spiro atoms. The topological polar surface area (TPSA) is 6.48 Å². The largest absolute Gasteiger partial charge is 2.00 e. The minimum Gasteiger partial charge on any atom is -1.00 e. The molecule has 0 aliphatic rings. The molecule has 0 aliphatic heterocycles. The molecule has 0 radical (unpaired) electrons. The molecule has 0 fully saturated rings. The van der Waals surface area contributed by atoms with Crippen molar-refractivity contribution in [2.45, 2.75) is 6.17 Å². The van der Waals surface area contributed by atoms with E-state index in [1.165, 1.54) is 5.56 Å². The summed E-state index contributed by atoms with van der Waals surface area (Å²) < 4.78 is 0. The second kappa shape index (κ2) is 8.36. The second-order valence-corrected chi connectivity index (χ2v) is 3.63. The van der Waals surface area contributed by atoms with Crippen molar-refractivity contribution in [1.82, 2.24) is 9.80 Å². The van der Waals surface area contributed by atoms with Crippen molar-refractivity contribution in [2.24, 2.45) is 0 Å². The fourth-order valence-corrected chi connectivity index (χ4v) is 1.63. The summed E-state index contributed by atoms with van der Waals surface area (Å²) in [4.78, 5) is 4.38. The number of halogens is 1. The van der Waals surface area contributed by atoms with E-state index in [0.29, 0.717) is 6.17 Å². The first-order chi connectivity index (χ1) is 6.13. The molecule has 2 nitrogen and oxygen atoms in total. The molecule has 0 saturated heterocycles. The predicted octanol–water partition coefficient (Wildman–Crippen LogP) is -1.77. The van der Waals surface area contributed by atoms with Crippen LogP contribution in [0.1, 0.15) is 11.7 Å².